The number of hydrogen-bond donors (Lipinski definition) is 0. The third kappa shape index (κ3) is 2.45. The van der Waals surface area contributed by atoms with Crippen LogP contribution in [0.25, 0.3) is 0 Å². The molecule has 1 aliphatic heterocycles. The van der Waals surface area contributed by atoms with E-state index in [0.717, 1.165) is 19.4 Å². The summed E-state index contributed by atoms with van der Waals surface area (Å²) in [6.07, 6.45) is 3.19. The molecule has 3 atom stereocenters. The Hall–Kier alpha value is -0.440. The molecule has 1 saturated heterocycles. The molecule has 0 aromatic carbocycles. The molecule has 1 heterocycles. The second kappa shape index (κ2) is 4.10. The van der Waals surface area contributed by atoms with Gasteiger partial charge in [0.2, 0.25) is 0 Å². The van der Waals surface area contributed by atoms with Gasteiger partial charge in [-0.3, -0.25) is 0 Å². The van der Waals surface area contributed by atoms with Crippen LogP contribution < -0.4 is 0 Å². The first-order chi connectivity index (χ1) is 7.40. The van der Waals surface area contributed by atoms with Gasteiger partial charge in [0.05, 0.1) is 11.4 Å². The van der Waals surface area contributed by atoms with Gasteiger partial charge in [0.25, 0.3) is 0 Å². The van der Waals surface area contributed by atoms with Crippen LogP contribution in [0.2, 0.25) is 0 Å². The number of fused-ring (bicyclic) bond motifs is 1. The second-order valence-corrected chi connectivity index (χ2v) is 6.27. The van der Waals surface area contributed by atoms with Gasteiger partial charge in [0, 0.05) is 6.54 Å². The van der Waals surface area contributed by atoms with E-state index in [1.807, 2.05) is 25.7 Å². The van der Waals surface area contributed by atoms with Gasteiger partial charge >= 0.3 is 6.09 Å². The van der Waals surface area contributed by atoms with Gasteiger partial charge in [-0.15, -0.1) is 11.6 Å². The largest absolute Gasteiger partial charge is 0.444 e. The van der Waals surface area contributed by atoms with E-state index in [-0.39, 0.29) is 17.5 Å². The minimum Gasteiger partial charge on any atom is -0.444 e. The van der Waals surface area contributed by atoms with Crippen LogP contribution in [0.15, 0.2) is 0 Å². The van der Waals surface area contributed by atoms with Crippen LogP contribution in [0, 0.1) is 5.92 Å². The fourth-order valence-corrected chi connectivity index (χ4v) is 2.91. The molecule has 3 nitrogen and oxygen atoms in total. The van der Waals surface area contributed by atoms with Crippen LogP contribution >= 0.6 is 11.6 Å². The number of hydrogen-bond acceptors (Lipinski definition) is 2. The van der Waals surface area contributed by atoms with Gasteiger partial charge < -0.3 is 9.64 Å². The Morgan fingerprint density at radius 3 is 2.69 bits per heavy atom. The maximum Gasteiger partial charge on any atom is 0.410 e. The molecule has 0 bridgehead atoms. The molecule has 0 aromatic rings. The van der Waals surface area contributed by atoms with Crippen molar-refractivity contribution in [3.05, 3.63) is 0 Å². The molecule has 4 heteroatoms. The first-order valence-corrected chi connectivity index (χ1v) is 6.47. The van der Waals surface area contributed by atoms with E-state index in [0.29, 0.717) is 5.92 Å². The lowest BCUT2D eigenvalue weighted by Crippen LogP contribution is -2.39. The van der Waals surface area contributed by atoms with Gasteiger partial charge in [0.1, 0.15) is 5.60 Å². The molecule has 1 saturated carbocycles. The Bertz CT molecular complexity index is 287. The summed E-state index contributed by atoms with van der Waals surface area (Å²) < 4.78 is 5.41. The number of carbonyl (C=O) groups excluding carboxylic acids is 1. The van der Waals surface area contributed by atoms with Crippen molar-refractivity contribution in [3.63, 3.8) is 0 Å². The van der Waals surface area contributed by atoms with Crippen molar-refractivity contribution in [3.8, 4) is 0 Å². The number of alkyl halides is 1. The normalized spacial score (nSPS) is 34.0. The zero-order chi connectivity index (χ0) is 11.9. The quantitative estimate of drug-likeness (QED) is 0.614. The number of carbonyl (C=O) groups is 1. The van der Waals surface area contributed by atoms with Crippen molar-refractivity contribution in [2.45, 2.75) is 57.1 Å². The average Bonchev–Trinajstić information content (AvgIpc) is 2.79. The van der Waals surface area contributed by atoms with Crippen molar-refractivity contribution in [1.82, 2.24) is 4.90 Å². The Morgan fingerprint density at radius 2 is 2.06 bits per heavy atom. The van der Waals surface area contributed by atoms with E-state index < -0.39 is 5.60 Å². The van der Waals surface area contributed by atoms with Crippen LogP contribution in [-0.4, -0.2) is 34.6 Å². The third-order valence-corrected chi connectivity index (χ3v) is 3.79. The fourth-order valence-electron chi connectivity index (χ4n) is 2.39. The second-order valence-electron chi connectivity index (χ2n) is 5.77. The summed E-state index contributed by atoms with van der Waals surface area (Å²) in [6, 6.07) is 0.221. The number of amides is 1. The van der Waals surface area contributed by atoms with Crippen molar-refractivity contribution >= 4 is 17.7 Å². The molecule has 3 unspecified atom stereocenters. The predicted molar refractivity (Wildman–Crippen MR) is 63.7 cm³/mol. The number of nitrogens with zero attached hydrogens (tertiary/aromatic N) is 1. The van der Waals surface area contributed by atoms with E-state index in [4.69, 9.17) is 16.3 Å². The highest BCUT2D eigenvalue weighted by Gasteiger charge is 2.55. The van der Waals surface area contributed by atoms with Crippen molar-refractivity contribution in [2.24, 2.45) is 5.92 Å². The molecule has 0 aromatic heterocycles. The van der Waals surface area contributed by atoms with E-state index >= 15 is 0 Å². The standard InChI is InChI=1S/C12H20ClNO2/c1-12(2,3)16-11(15)14-7-5-4-6-8-9(13)10(8)14/h8-10H,4-7H2,1-3H3. The molecule has 1 amide bonds. The lowest BCUT2D eigenvalue weighted by atomic mass is 10.2. The summed E-state index contributed by atoms with van der Waals surface area (Å²) in [5.74, 6) is 0.497. The first-order valence-electron chi connectivity index (χ1n) is 6.04. The van der Waals surface area contributed by atoms with Gasteiger partial charge in [-0.05, 0) is 39.5 Å². The summed E-state index contributed by atoms with van der Waals surface area (Å²) in [6.45, 7) is 6.47. The SMILES string of the molecule is CC(C)(C)OC(=O)N1CCCCC2C(Cl)C21. The van der Waals surface area contributed by atoms with Gasteiger partial charge in [-0.2, -0.15) is 0 Å². The van der Waals surface area contributed by atoms with Crippen LogP contribution in [-0.2, 0) is 4.74 Å². The van der Waals surface area contributed by atoms with Crippen molar-refractivity contribution < 1.29 is 9.53 Å². The molecule has 16 heavy (non-hydrogen) atoms. The van der Waals surface area contributed by atoms with Crippen LogP contribution in [0.5, 0.6) is 0 Å². The van der Waals surface area contributed by atoms with E-state index in [9.17, 15) is 4.79 Å². The zero-order valence-corrected chi connectivity index (χ0v) is 11.0. The fraction of sp³-hybridized carbons (Fsp3) is 0.917. The van der Waals surface area contributed by atoms with Gasteiger partial charge in [-0.1, -0.05) is 6.42 Å². The van der Waals surface area contributed by atoms with E-state index in [1.165, 1.54) is 6.42 Å². The maximum absolute atomic E-state index is 12.0. The molecular weight excluding hydrogens is 226 g/mol. The van der Waals surface area contributed by atoms with Gasteiger partial charge in [-0.25, -0.2) is 4.79 Å². The number of halogens is 1. The van der Waals surface area contributed by atoms with Gasteiger partial charge in [0.15, 0.2) is 0 Å². The number of ether oxygens (including phenoxy) is 1. The lowest BCUT2D eigenvalue weighted by Gasteiger charge is -2.27. The maximum atomic E-state index is 12.0. The molecular formula is C12H20ClNO2. The molecule has 2 aliphatic rings. The topological polar surface area (TPSA) is 29.5 Å². The Labute approximate surface area is 102 Å². The van der Waals surface area contributed by atoms with Crippen LogP contribution in [0.1, 0.15) is 40.0 Å². The average molecular weight is 246 g/mol. The van der Waals surface area contributed by atoms with E-state index in [2.05, 4.69) is 0 Å². The molecule has 0 spiro atoms. The molecule has 0 radical (unpaired) electrons. The summed E-state index contributed by atoms with van der Waals surface area (Å²) in [7, 11) is 0. The lowest BCUT2D eigenvalue weighted by molar-refractivity contribution is 0.0232. The molecule has 2 rings (SSSR count). The molecule has 0 N–H and O–H groups in total. The molecule has 92 valence electrons. The van der Waals surface area contributed by atoms with Crippen molar-refractivity contribution in [2.75, 3.05) is 6.54 Å². The highest BCUT2D eigenvalue weighted by atomic mass is 35.5. The summed E-state index contributed by atoms with van der Waals surface area (Å²) in [5.41, 5.74) is -0.421. The van der Waals surface area contributed by atoms with Crippen LogP contribution in [0.4, 0.5) is 4.79 Å². The predicted octanol–water partition coefficient (Wildman–Crippen LogP) is 3.01. The smallest absolute Gasteiger partial charge is 0.410 e. The Morgan fingerprint density at radius 1 is 1.38 bits per heavy atom. The highest BCUT2D eigenvalue weighted by molar-refractivity contribution is 6.23. The Kier molecular flexibility index (Phi) is 3.08. The molecule has 2 fully saturated rings. The first kappa shape index (κ1) is 12.0. The van der Waals surface area contributed by atoms with Crippen molar-refractivity contribution in [1.29, 1.82) is 0 Å². The van der Waals surface area contributed by atoms with E-state index in [1.54, 1.807) is 0 Å². The number of rotatable bonds is 0. The minimum atomic E-state index is -0.421. The monoisotopic (exact) mass is 245 g/mol. The van der Waals surface area contributed by atoms with Crippen LogP contribution in [0.3, 0.4) is 0 Å². The minimum absolute atomic E-state index is 0.146. The zero-order valence-electron chi connectivity index (χ0n) is 10.2. The summed E-state index contributed by atoms with van der Waals surface area (Å²) in [5, 5.41) is 0.146. The Balaban J connectivity index is 1.99. The third-order valence-electron chi connectivity index (χ3n) is 3.21. The summed E-state index contributed by atoms with van der Waals surface area (Å²) >= 11 is 6.19. The number of likely N-dealkylation sites (tertiary alicyclic amines) is 1. The highest BCUT2D eigenvalue weighted by Crippen LogP contribution is 2.46. The molecule has 1 aliphatic carbocycles. The summed E-state index contributed by atoms with van der Waals surface area (Å²) in [4.78, 5) is 13.8.